The molecule has 0 radical (unpaired) electrons. The van der Waals surface area contributed by atoms with Gasteiger partial charge in [0, 0.05) is 5.56 Å². The molecule has 152 valence electrons. The van der Waals surface area contributed by atoms with E-state index in [4.69, 9.17) is 14.0 Å². The third kappa shape index (κ3) is 2.86. The molecule has 2 aliphatic rings. The van der Waals surface area contributed by atoms with Gasteiger partial charge in [0.05, 0.1) is 6.54 Å². The van der Waals surface area contributed by atoms with E-state index >= 15 is 0 Å². The van der Waals surface area contributed by atoms with Crippen LogP contribution in [0.2, 0.25) is 0 Å². The van der Waals surface area contributed by atoms with E-state index in [0.717, 1.165) is 16.0 Å². The first-order chi connectivity index (χ1) is 14.4. The highest BCUT2D eigenvalue weighted by Crippen LogP contribution is 2.38. The normalized spacial score (nSPS) is 20.0. The highest BCUT2D eigenvalue weighted by atomic mass is 16.7. The number of imide groups is 1. The predicted molar refractivity (Wildman–Crippen MR) is 103 cm³/mol. The fourth-order valence-electron chi connectivity index (χ4n) is 3.52. The molecule has 3 amide bonds. The van der Waals surface area contributed by atoms with Crippen LogP contribution in [0.1, 0.15) is 23.9 Å². The van der Waals surface area contributed by atoms with Crippen molar-refractivity contribution in [2.75, 3.05) is 6.79 Å². The summed E-state index contributed by atoms with van der Waals surface area (Å²) >= 11 is 0. The number of nitrogens with zero attached hydrogens (tertiary/aromatic N) is 3. The molecule has 1 atom stereocenters. The zero-order chi connectivity index (χ0) is 20.9. The highest BCUT2D eigenvalue weighted by Gasteiger charge is 2.49. The lowest BCUT2D eigenvalue weighted by Gasteiger charge is -2.22. The van der Waals surface area contributed by atoms with Crippen molar-refractivity contribution in [1.29, 1.82) is 0 Å². The van der Waals surface area contributed by atoms with Crippen LogP contribution in [0, 0.1) is 6.92 Å². The SMILES string of the molecule is Cc1ccc(-c2nc(CN3C(=O)N[C@](C)(c4ccc5c(c4)OCO5)C3=O)no2)cc1. The van der Waals surface area contributed by atoms with Gasteiger partial charge in [0.25, 0.3) is 11.8 Å². The number of aromatic nitrogens is 2. The van der Waals surface area contributed by atoms with Crippen molar-refractivity contribution < 1.29 is 23.6 Å². The lowest BCUT2D eigenvalue weighted by atomic mass is 9.91. The average Bonchev–Trinajstić information content (AvgIpc) is 3.44. The van der Waals surface area contributed by atoms with E-state index in [-0.39, 0.29) is 19.2 Å². The van der Waals surface area contributed by atoms with Crippen LogP contribution in [0.3, 0.4) is 0 Å². The molecule has 0 bridgehead atoms. The first kappa shape index (κ1) is 18.2. The summed E-state index contributed by atoms with van der Waals surface area (Å²) in [5.74, 6) is 1.30. The van der Waals surface area contributed by atoms with Gasteiger partial charge in [-0.1, -0.05) is 28.9 Å². The highest BCUT2D eigenvalue weighted by molar-refractivity contribution is 6.07. The van der Waals surface area contributed by atoms with E-state index in [1.54, 1.807) is 25.1 Å². The van der Waals surface area contributed by atoms with Gasteiger partial charge in [0.15, 0.2) is 17.3 Å². The van der Waals surface area contributed by atoms with Crippen LogP contribution in [0.15, 0.2) is 47.0 Å². The number of carbonyl (C=O) groups is 2. The number of benzene rings is 2. The number of nitrogens with one attached hydrogen (secondary N) is 1. The molecule has 3 aromatic rings. The number of amides is 3. The molecule has 2 aliphatic heterocycles. The van der Waals surface area contributed by atoms with Crippen molar-refractivity contribution in [1.82, 2.24) is 20.4 Å². The molecular weight excluding hydrogens is 388 g/mol. The molecule has 9 heteroatoms. The maximum absolute atomic E-state index is 13.1. The third-order valence-corrected chi connectivity index (χ3v) is 5.29. The summed E-state index contributed by atoms with van der Waals surface area (Å²) in [6, 6.07) is 12.3. The number of carbonyl (C=O) groups excluding carboxylic acids is 2. The summed E-state index contributed by atoms with van der Waals surface area (Å²) < 4.78 is 16.0. The maximum Gasteiger partial charge on any atom is 0.325 e. The number of fused-ring (bicyclic) bond motifs is 1. The number of aryl methyl sites for hydroxylation is 1. The number of hydrogen-bond donors (Lipinski definition) is 1. The Morgan fingerprint density at radius 2 is 1.87 bits per heavy atom. The Bertz CT molecular complexity index is 1160. The van der Waals surface area contributed by atoms with Gasteiger partial charge in [-0.15, -0.1) is 0 Å². The molecule has 0 unspecified atom stereocenters. The van der Waals surface area contributed by atoms with E-state index in [9.17, 15) is 9.59 Å². The lowest BCUT2D eigenvalue weighted by Crippen LogP contribution is -2.40. The zero-order valence-corrected chi connectivity index (χ0v) is 16.3. The second-order valence-corrected chi connectivity index (χ2v) is 7.40. The Balaban J connectivity index is 1.38. The Morgan fingerprint density at radius 3 is 2.67 bits per heavy atom. The van der Waals surface area contributed by atoms with Crippen LogP contribution in [-0.2, 0) is 16.9 Å². The summed E-state index contributed by atoms with van der Waals surface area (Å²) in [5.41, 5.74) is 1.24. The third-order valence-electron chi connectivity index (χ3n) is 5.29. The van der Waals surface area contributed by atoms with Crippen molar-refractivity contribution in [2.45, 2.75) is 25.9 Å². The summed E-state index contributed by atoms with van der Waals surface area (Å²) in [6.45, 7) is 3.67. The van der Waals surface area contributed by atoms with Gasteiger partial charge < -0.3 is 19.3 Å². The number of rotatable bonds is 4. The van der Waals surface area contributed by atoms with Crippen molar-refractivity contribution in [3.63, 3.8) is 0 Å². The van der Waals surface area contributed by atoms with Gasteiger partial charge in [-0.2, -0.15) is 4.98 Å². The summed E-state index contributed by atoms with van der Waals surface area (Å²) in [6.07, 6.45) is 0. The molecule has 2 aromatic carbocycles. The molecule has 1 fully saturated rings. The van der Waals surface area contributed by atoms with Crippen LogP contribution in [0.5, 0.6) is 11.5 Å². The molecular formula is C21H18N4O5. The minimum absolute atomic E-state index is 0.0971. The fraction of sp³-hybridized carbons (Fsp3) is 0.238. The topological polar surface area (TPSA) is 107 Å². The molecule has 0 saturated carbocycles. The van der Waals surface area contributed by atoms with Crippen molar-refractivity contribution in [2.24, 2.45) is 0 Å². The molecule has 3 heterocycles. The first-order valence-corrected chi connectivity index (χ1v) is 9.38. The lowest BCUT2D eigenvalue weighted by molar-refractivity contribution is -0.131. The Hall–Kier alpha value is -3.88. The van der Waals surface area contributed by atoms with Crippen LogP contribution in [0.4, 0.5) is 4.79 Å². The molecule has 9 nitrogen and oxygen atoms in total. The van der Waals surface area contributed by atoms with Crippen LogP contribution < -0.4 is 14.8 Å². The number of urea groups is 1. The second kappa shape index (κ2) is 6.58. The Kier molecular flexibility index (Phi) is 3.99. The molecule has 1 saturated heterocycles. The van der Waals surface area contributed by atoms with Crippen LogP contribution >= 0.6 is 0 Å². The molecule has 1 aromatic heterocycles. The quantitative estimate of drug-likeness (QED) is 0.664. The fourth-order valence-corrected chi connectivity index (χ4v) is 3.52. The molecule has 1 N–H and O–H groups in total. The Morgan fingerprint density at radius 1 is 1.10 bits per heavy atom. The standard InChI is InChI=1S/C21H18N4O5/c1-12-3-5-13(6-4-12)18-22-17(24-30-18)10-25-19(26)21(2,23-20(25)27)14-7-8-15-16(9-14)29-11-28-15/h3-9H,10-11H2,1-2H3,(H,23,27)/t21-/m1/s1. The average molecular weight is 406 g/mol. The van der Waals surface area contributed by atoms with Crippen LogP contribution in [-0.4, -0.2) is 33.8 Å². The summed E-state index contributed by atoms with van der Waals surface area (Å²) in [7, 11) is 0. The zero-order valence-electron chi connectivity index (χ0n) is 16.3. The monoisotopic (exact) mass is 406 g/mol. The van der Waals surface area contributed by atoms with E-state index in [1.807, 2.05) is 31.2 Å². The van der Waals surface area contributed by atoms with Crippen molar-refractivity contribution >= 4 is 11.9 Å². The number of hydrogen-bond acceptors (Lipinski definition) is 7. The van der Waals surface area contributed by atoms with Gasteiger partial charge in [-0.25, -0.2) is 4.79 Å². The van der Waals surface area contributed by atoms with E-state index in [2.05, 4.69) is 15.5 Å². The molecule has 0 aliphatic carbocycles. The van der Waals surface area contributed by atoms with E-state index in [1.165, 1.54) is 0 Å². The van der Waals surface area contributed by atoms with Crippen molar-refractivity contribution in [3.05, 3.63) is 59.4 Å². The minimum atomic E-state index is -1.23. The predicted octanol–water partition coefficient (Wildman–Crippen LogP) is 2.74. The maximum atomic E-state index is 13.1. The van der Waals surface area contributed by atoms with Gasteiger partial charge in [0.2, 0.25) is 6.79 Å². The Labute approximate surface area is 171 Å². The van der Waals surface area contributed by atoms with Crippen LogP contribution in [0.25, 0.3) is 11.5 Å². The van der Waals surface area contributed by atoms with Gasteiger partial charge in [-0.3, -0.25) is 9.69 Å². The van der Waals surface area contributed by atoms with Crippen molar-refractivity contribution in [3.8, 4) is 23.0 Å². The largest absolute Gasteiger partial charge is 0.454 e. The molecule has 5 rings (SSSR count). The molecule has 30 heavy (non-hydrogen) atoms. The summed E-state index contributed by atoms with van der Waals surface area (Å²) in [5, 5.41) is 6.68. The van der Waals surface area contributed by atoms with Gasteiger partial charge in [0.1, 0.15) is 5.54 Å². The minimum Gasteiger partial charge on any atom is -0.454 e. The van der Waals surface area contributed by atoms with Gasteiger partial charge in [-0.05, 0) is 43.7 Å². The van der Waals surface area contributed by atoms with Gasteiger partial charge >= 0.3 is 6.03 Å². The van der Waals surface area contributed by atoms with E-state index < -0.39 is 17.5 Å². The molecule has 0 spiro atoms. The summed E-state index contributed by atoms with van der Waals surface area (Å²) in [4.78, 5) is 31.1. The van der Waals surface area contributed by atoms with E-state index in [0.29, 0.717) is 23.0 Å². The smallest absolute Gasteiger partial charge is 0.325 e. The number of ether oxygens (including phenoxy) is 2. The second-order valence-electron chi connectivity index (χ2n) is 7.40. The first-order valence-electron chi connectivity index (χ1n) is 9.38.